The van der Waals surface area contributed by atoms with Crippen molar-refractivity contribution in [3.63, 3.8) is 0 Å². The first-order valence-corrected chi connectivity index (χ1v) is 7.96. The van der Waals surface area contributed by atoms with E-state index in [1.54, 1.807) is 0 Å². The second kappa shape index (κ2) is 5.55. The molecule has 0 amide bonds. The summed E-state index contributed by atoms with van der Waals surface area (Å²) in [4.78, 5) is 13.8. The minimum absolute atomic E-state index is 0.117. The fraction of sp³-hybridized carbons (Fsp3) is 0.533. The average Bonchev–Trinajstić information content (AvgIpc) is 2.38. The summed E-state index contributed by atoms with van der Waals surface area (Å²) in [7, 11) is 0. The van der Waals surface area contributed by atoms with Crippen LogP contribution in [0.5, 0.6) is 0 Å². The first kappa shape index (κ1) is 13.0. The van der Waals surface area contributed by atoms with Crippen LogP contribution in [0.3, 0.4) is 0 Å². The van der Waals surface area contributed by atoms with E-state index in [4.69, 9.17) is 0 Å². The van der Waals surface area contributed by atoms with Crippen molar-refractivity contribution in [2.75, 3.05) is 24.6 Å². The summed E-state index contributed by atoms with van der Waals surface area (Å²) in [6, 6.07) is 10.5. The smallest absolute Gasteiger partial charge is 0.307 e. The number of piperidine rings is 1. The highest BCUT2D eigenvalue weighted by atomic mass is 32.2. The number of fused-ring (bicyclic) bond motifs is 2. The number of carbonyl (C=O) groups is 1. The summed E-state index contributed by atoms with van der Waals surface area (Å²) in [6.07, 6.45) is 0. The Hall–Kier alpha value is -1.00. The summed E-state index contributed by atoms with van der Waals surface area (Å²) in [5.41, 5.74) is 1.32. The number of hydrogen-bond donors (Lipinski definition) is 1. The molecule has 0 saturated carbocycles. The van der Waals surface area contributed by atoms with Crippen molar-refractivity contribution in [1.82, 2.24) is 4.90 Å². The van der Waals surface area contributed by atoms with Crippen LogP contribution < -0.4 is 0 Å². The van der Waals surface area contributed by atoms with Gasteiger partial charge in [0.1, 0.15) is 0 Å². The molecule has 1 aromatic rings. The van der Waals surface area contributed by atoms with Gasteiger partial charge in [-0.3, -0.25) is 9.69 Å². The van der Waals surface area contributed by atoms with E-state index in [-0.39, 0.29) is 5.92 Å². The Morgan fingerprint density at radius 2 is 1.84 bits per heavy atom. The molecule has 2 aliphatic rings. The molecule has 0 aliphatic carbocycles. The van der Waals surface area contributed by atoms with Crippen LogP contribution in [0.4, 0.5) is 0 Å². The summed E-state index contributed by atoms with van der Waals surface area (Å²) >= 11 is 1.93. The van der Waals surface area contributed by atoms with Gasteiger partial charge in [-0.2, -0.15) is 11.8 Å². The van der Waals surface area contributed by atoms with Gasteiger partial charge in [0.15, 0.2) is 0 Å². The Labute approximate surface area is 118 Å². The Morgan fingerprint density at radius 1 is 1.21 bits per heavy atom. The molecule has 2 fully saturated rings. The quantitative estimate of drug-likeness (QED) is 0.919. The van der Waals surface area contributed by atoms with Crippen LogP contribution in [0.15, 0.2) is 30.3 Å². The molecule has 0 spiro atoms. The van der Waals surface area contributed by atoms with Gasteiger partial charge in [0.05, 0.1) is 5.92 Å². The maximum atomic E-state index is 11.4. The van der Waals surface area contributed by atoms with Crippen molar-refractivity contribution >= 4 is 17.7 Å². The lowest BCUT2D eigenvalue weighted by atomic mass is 9.79. The molecule has 19 heavy (non-hydrogen) atoms. The Balaban J connectivity index is 1.69. The second-order valence-corrected chi connectivity index (χ2v) is 6.68. The van der Waals surface area contributed by atoms with Gasteiger partial charge < -0.3 is 5.11 Å². The topological polar surface area (TPSA) is 40.5 Å². The highest BCUT2D eigenvalue weighted by Gasteiger charge is 2.43. The maximum absolute atomic E-state index is 11.4. The minimum atomic E-state index is -0.588. The number of thioether (sulfide) groups is 1. The fourth-order valence-corrected chi connectivity index (χ4v) is 4.77. The number of carboxylic acids is 1. The highest BCUT2D eigenvalue weighted by Crippen LogP contribution is 2.38. The molecular formula is C15H19NO2S. The molecule has 1 N–H and O–H groups in total. The van der Waals surface area contributed by atoms with Gasteiger partial charge in [-0.1, -0.05) is 30.3 Å². The van der Waals surface area contributed by atoms with Gasteiger partial charge in [0.2, 0.25) is 0 Å². The van der Waals surface area contributed by atoms with E-state index in [1.165, 1.54) is 5.56 Å². The molecule has 102 valence electrons. The zero-order valence-electron chi connectivity index (χ0n) is 10.9. The third kappa shape index (κ3) is 2.79. The van der Waals surface area contributed by atoms with E-state index in [9.17, 15) is 9.90 Å². The van der Waals surface area contributed by atoms with E-state index in [0.29, 0.717) is 11.8 Å². The highest BCUT2D eigenvalue weighted by molar-refractivity contribution is 7.99. The number of likely N-dealkylation sites (tertiary alicyclic amines) is 1. The van der Waals surface area contributed by atoms with E-state index >= 15 is 0 Å². The van der Waals surface area contributed by atoms with Crippen molar-refractivity contribution in [2.45, 2.75) is 6.54 Å². The largest absolute Gasteiger partial charge is 0.481 e. The SMILES string of the molecule is O=C(O)C1C2CSCC1CN(Cc1ccccc1)C2. The Bertz CT molecular complexity index is 437. The van der Waals surface area contributed by atoms with Crippen LogP contribution in [-0.2, 0) is 11.3 Å². The van der Waals surface area contributed by atoms with Crippen molar-refractivity contribution in [3.8, 4) is 0 Å². The van der Waals surface area contributed by atoms with Crippen LogP contribution in [-0.4, -0.2) is 40.6 Å². The van der Waals surface area contributed by atoms with Gasteiger partial charge in [0.25, 0.3) is 0 Å². The van der Waals surface area contributed by atoms with Gasteiger partial charge in [-0.25, -0.2) is 0 Å². The number of nitrogens with zero attached hydrogens (tertiary/aromatic N) is 1. The van der Waals surface area contributed by atoms with Crippen LogP contribution in [0.25, 0.3) is 0 Å². The third-order valence-corrected chi connectivity index (χ3v) is 5.53. The standard InChI is InChI=1S/C15H19NO2S/c17-15(18)14-12-7-16(8-13(14)10-19-9-12)6-11-4-2-1-3-5-11/h1-5,12-14H,6-10H2,(H,17,18). The summed E-state index contributed by atoms with van der Waals surface area (Å²) < 4.78 is 0. The molecule has 2 heterocycles. The normalized spacial score (nSPS) is 31.1. The minimum Gasteiger partial charge on any atom is -0.481 e. The molecule has 0 radical (unpaired) electrons. The zero-order valence-corrected chi connectivity index (χ0v) is 11.7. The summed E-state index contributed by atoms with van der Waals surface area (Å²) in [5.74, 6) is 1.93. The van der Waals surface area contributed by atoms with E-state index in [0.717, 1.165) is 31.1 Å². The lowest BCUT2D eigenvalue weighted by Gasteiger charge is -2.45. The molecule has 3 rings (SSSR count). The van der Waals surface area contributed by atoms with Gasteiger partial charge in [-0.15, -0.1) is 0 Å². The molecule has 4 heteroatoms. The van der Waals surface area contributed by atoms with Crippen LogP contribution in [0, 0.1) is 17.8 Å². The van der Waals surface area contributed by atoms with Crippen molar-refractivity contribution < 1.29 is 9.90 Å². The maximum Gasteiger partial charge on any atom is 0.307 e. The summed E-state index contributed by atoms with van der Waals surface area (Å²) in [5, 5.41) is 9.39. The molecule has 3 nitrogen and oxygen atoms in total. The number of hydrogen-bond acceptors (Lipinski definition) is 3. The van der Waals surface area contributed by atoms with Crippen LogP contribution in [0.2, 0.25) is 0 Å². The third-order valence-electron chi connectivity index (χ3n) is 4.20. The molecule has 2 aliphatic heterocycles. The van der Waals surface area contributed by atoms with Crippen LogP contribution in [0.1, 0.15) is 5.56 Å². The lowest BCUT2D eigenvalue weighted by molar-refractivity contribution is -0.148. The number of carboxylic acid groups (broad SMARTS) is 1. The molecule has 2 atom stereocenters. The average molecular weight is 277 g/mol. The fourth-order valence-electron chi connectivity index (χ4n) is 3.41. The van der Waals surface area contributed by atoms with Crippen LogP contribution >= 0.6 is 11.8 Å². The number of benzene rings is 1. The van der Waals surface area contributed by atoms with E-state index < -0.39 is 5.97 Å². The zero-order chi connectivity index (χ0) is 13.2. The van der Waals surface area contributed by atoms with Gasteiger partial charge >= 0.3 is 5.97 Å². The number of rotatable bonds is 3. The molecule has 2 unspecified atom stereocenters. The molecule has 0 aromatic heterocycles. The summed E-state index contributed by atoms with van der Waals surface area (Å²) in [6.45, 7) is 2.80. The lowest BCUT2D eigenvalue weighted by Crippen LogP contribution is -2.52. The predicted molar refractivity (Wildman–Crippen MR) is 77.1 cm³/mol. The molecule has 1 aromatic carbocycles. The number of aliphatic carboxylic acids is 1. The van der Waals surface area contributed by atoms with Crippen molar-refractivity contribution in [1.29, 1.82) is 0 Å². The van der Waals surface area contributed by atoms with Gasteiger partial charge in [0, 0.05) is 19.6 Å². The van der Waals surface area contributed by atoms with Crippen molar-refractivity contribution in [2.24, 2.45) is 17.8 Å². The van der Waals surface area contributed by atoms with Crippen molar-refractivity contribution in [3.05, 3.63) is 35.9 Å². The predicted octanol–water partition coefficient (Wildman–Crippen LogP) is 2.18. The van der Waals surface area contributed by atoms with E-state index in [2.05, 4.69) is 29.2 Å². The molecular weight excluding hydrogens is 258 g/mol. The monoisotopic (exact) mass is 277 g/mol. The van der Waals surface area contributed by atoms with E-state index in [1.807, 2.05) is 17.8 Å². The second-order valence-electron chi connectivity index (χ2n) is 5.60. The first-order valence-electron chi connectivity index (χ1n) is 6.81. The van der Waals surface area contributed by atoms with Gasteiger partial charge in [-0.05, 0) is 28.9 Å². The molecule has 2 bridgehead atoms. The first-order chi connectivity index (χ1) is 9.24. The Kier molecular flexibility index (Phi) is 3.80. The molecule has 2 saturated heterocycles. The Morgan fingerprint density at radius 3 is 2.42 bits per heavy atom.